The Balaban J connectivity index is 0. The SMILES string of the molecule is CCN(C)CCNC(=O)[C@@H](N)Cc1ccccc1.Cl.Cl. The van der Waals surface area contributed by atoms with Gasteiger partial charge in [-0.1, -0.05) is 37.3 Å². The van der Waals surface area contributed by atoms with Gasteiger partial charge in [0.1, 0.15) is 0 Å². The highest BCUT2D eigenvalue weighted by atomic mass is 35.5. The molecule has 0 unspecified atom stereocenters. The predicted molar refractivity (Wildman–Crippen MR) is 88.8 cm³/mol. The lowest BCUT2D eigenvalue weighted by Crippen LogP contribution is -2.44. The number of hydrogen-bond acceptors (Lipinski definition) is 3. The van der Waals surface area contributed by atoms with Crippen molar-refractivity contribution in [1.29, 1.82) is 0 Å². The van der Waals surface area contributed by atoms with Crippen LogP contribution < -0.4 is 11.1 Å². The number of rotatable bonds is 7. The third kappa shape index (κ3) is 8.38. The van der Waals surface area contributed by atoms with Crippen molar-refractivity contribution >= 4 is 30.7 Å². The van der Waals surface area contributed by atoms with E-state index >= 15 is 0 Å². The van der Waals surface area contributed by atoms with Gasteiger partial charge >= 0.3 is 0 Å². The van der Waals surface area contributed by atoms with Crippen molar-refractivity contribution in [2.45, 2.75) is 19.4 Å². The van der Waals surface area contributed by atoms with Crippen LogP contribution in [0.15, 0.2) is 30.3 Å². The quantitative estimate of drug-likeness (QED) is 0.799. The Morgan fingerprint density at radius 1 is 1.30 bits per heavy atom. The molecule has 1 aromatic rings. The van der Waals surface area contributed by atoms with Gasteiger partial charge in [0.15, 0.2) is 0 Å². The smallest absolute Gasteiger partial charge is 0.237 e. The van der Waals surface area contributed by atoms with Gasteiger partial charge in [0.2, 0.25) is 5.91 Å². The number of nitrogens with zero attached hydrogens (tertiary/aromatic N) is 1. The molecule has 1 aromatic carbocycles. The molecular formula is C14H25Cl2N3O. The lowest BCUT2D eigenvalue weighted by Gasteiger charge is -2.16. The van der Waals surface area contributed by atoms with Crippen LogP contribution in [0, 0.1) is 0 Å². The first-order valence-corrected chi connectivity index (χ1v) is 6.39. The second kappa shape index (κ2) is 12.0. The lowest BCUT2D eigenvalue weighted by molar-refractivity contribution is -0.122. The second-order valence-electron chi connectivity index (χ2n) is 4.48. The van der Waals surface area contributed by atoms with Crippen LogP contribution in [0.4, 0.5) is 0 Å². The zero-order valence-corrected chi connectivity index (χ0v) is 13.7. The summed E-state index contributed by atoms with van der Waals surface area (Å²) in [6.07, 6.45) is 0.580. The Hall–Kier alpha value is -0.810. The van der Waals surface area contributed by atoms with E-state index < -0.39 is 6.04 Å². The molecule has 116 valence electrons. The van der Waals surface area contributed by atoms with Crippen LogP contribution >= 0.6 is 24.8 Å². The molecule has 0 aliphatic rings. The highest BCUT2D eigenvalue weighted by Crippen LogP contribution is 2.01. The number of nitrogens with two attached hydrogens (primary N) is 1. The fraction of sp³-hybridized carbons (Fsp3) is 0.500. The van der Waals surface area contributed by atoms with Gasteiger partial charge in [-0.25, -0.2) is 0 Å². The van der Waals surface area contributed by atoms with Gasteiger partial charge < -0.3 is 16.0 Å². The Bertz CT molecular complexity index is 363. The molecule has 0 aromatic heterocycles. The van der Waals surface area contributed by atoms with Crippen LogP contribution in [0.1, 0.15) is 12.5 Å². The number of hydrogen-bond donors (Lipinski definition) is 2. The van der Waals surface area contributed by atoms with Crippen LogP contribution in [0.3, 0.4) is 0 Å². The molecule has 0 radical (unpaired) electrons. The van der Waals surface area contributed by atoms with Crippen LogP contribution in [0.5, 0.6) is 0 Å². The Kier molecular flexibility index (Phi) is 12.9. The van der Waals surface area contributed by atoms with Crippen molar-refractivity contribution < 1.29 is 4.79 Å². The predicted octanol–water partition coefficient (Wildman–Crippen LogP) is 1.47. The minimum Gasteiger partial charge on any atom is -0.353 e. The van der Waals surface area contributed by atoms with E-state index in [1.54, 1.807) is 0 Å². The van der Waals surface area contributed by atoms with Crippen molar-refractivity contribution in [3.63, 3.8) is 0 Å². The van der Waals surface area contributed by atoms with Gasteiger partial charge in [0.05, 0.1) is 6.04 Å². The first kappa shape index (κ1) is 21.5. The largest absolute Gasteiger partial charge is 0.353 e. The summed E-state index contributed by atoms with van der Waals surface area (Å²) < 4.78 is 0. The Morgan fingerprint density at radius 3 is 2.45 bits per heavy atom. The van der Waals surface area contributed by atoms with E-state index in [1.807, 2.05) is 37.4 Å². The fourth-order valence-corrected chi connectivity index (χ4v) is 1.62. The van der Waals surface area contributed by atoms with Crippen LogP contribution in [-0.4, -0.2) is 43.5 Å². The average molecular weight is 322 g/mol. The number of benzene rings is 1. The number of likely N-dealkylation sites (N-methyl/N-ethyl adjacent to an activating group) is 1. The minimum absolute atomic E-state index is 0. The molecule has 1 rings (SSSR count). The molecule has 0 heterocycles. The zero-order chi connectivity index (χ0) is 13.4. The van der Waals surface area contributed by atoms with E-state index in [2.05, 4.69) is 17.1 Å². The van der Waals surface area contributed by atoms with Gasteiger partial charge in [0.25, 0.3) is 0 Å². The molecule has 4 nitrogen and oxygen atoms in total. The zero-order valence-electron chi connectivity index (χ0n) is 12.0. The summed E-state index contributed by atoms with van der Waals surface area (Å²) in [7, 11) is 2.02. The van der Waals surface area contributed by atoms with Crippen molar-refractivity contribution in [3.8, 4) is 0 Å². The average Bonchev–Trinajstić information content (AvgIpc) is 2.39. The molecule has 1 atom stereocenters. The molecule has 0 aliphatic carbocycles. The molecule has 0 aliphatic heterocycles. The van der Waals surface area contributed by atoms with E-state index in [4.69, 9.17) is 5.73 Å². The van der Waals surface area contributed by atoms with Gasteiger partial charge in [-0.15, -0.1) is 24.8 Å². The van der Waals surface area contributed by atoms with Gasteiger partial charge in [-0.3, -0.25) is 4.79 Å². The summed E-state index contributed by atoms with van der Waals surface area (Å²) in [6.45, 7) is 4.56. The summed E-state index contributed by atoms with van der Waals surface area (Å²) in [5, 5.41) is 2.86. The normalized spacial score (nSPS) is 11.2. The monoisotopic (exact) mass is 321 g/mol. The third-order valence-corrected chi connectivity index (χ3v) is 2.97. The topological polar surface area (TPSA) is 58.4 Å². The van der Waals surface area contributed by atoms with Crippen molar-refractivity contribution in [2.24, 2.45) is 5.73 Å². The molecule has 1 amide bonds. The van der Waals surface area contributed by atoms with Gasteiger partial charge in [0, 0.05) is 13.1 Å². The van der Waals surface area contributed by atoms with E-state index in [0.29, 0.717) is 13.0 Å². The minimum atomic E-state index is -0.473. The fourth-order valence-electron chi connectivity index (χ4n) is 1.62. The van der Waals surface area contributed by atoms with E-state index in [0.717, 1.165) is 18.7 Å². The van der Waals surface area contributed by atoms with E-state index in [1.165, 1.54) is 0 Å². The van der Waals surface area contributed by atoms with Crippen LogP contribution in [0.25, 0.3) is 0 Å². The third-order valence-electron chi connectivity index (χ3n) is 2.97. The second-order valence-corrected chi connectivity index (χ2v) is 4.48. The van der Waals surface area contributed by atoms with Crippen LogP contribution in [-0.2, 0) is 11.2 Å². The number of nitrogens with one attached hydrogen (secondary N) is 1. The van der Waals surface area contributed by atoms with Gasteiger partial charge in [-0.05, 0) is 25.6 Å². The Labute approximate surface area is 133 Å². The molecule has 0 saturated carbocycles. The first-order valence-electron chi connectivity index (χ1n) is 6.39. The summed E-state index contributed by atoms with van der Waals surface area (Å²) in [5.74, 6) is -0.0802. The maximum absolute atomic E-state index is 11.8. The van der Waals surface area contributed by atoms with Gasteiger partial charge in [-0.2, -0.15) is 0 Å². The lowest BCUT2D eigenvalue weighted by atomic mass is 10.1. The maximum Gasteiger partial charge on any atom is 0.237 e. The highest BCUT2D eigenvalue weighted by molar-refractivity contribution is 5.85. The summed E-state index contributed by atoms with van der Waals surface area (Å²) in [5.41, 5.74) is 6.96. The Morgan fingerprint density at radius 2 is 1.90 bits per heavy atom. The van der Waals surface area contributed by atoms with Crippen molar-refractivity contribution in [3.05, 3.63) is 35.9 Å². The van der Waals surface area contributed by atoms with Crippen molar-refractivity contribution in [2.75, 3.05) is 26.7 Å². The molecule has 0 saturated heterocycles. The first-order chi connectivity index (χ1) is 8.63. The summed E-state index contributed by atoms with van der Waals surface area (Å²) in [6, 6.07) is 9.36. The molecule has 20 heavy (non-hydrogen) atoms. The van der Waals surface area contributed by atoms with Crippen molar-refractivity contribution in [1.82, 2.24) is 10.2 Å². The number of halogens is 2. The molecule has 3 N–H and O–H groups in total. The number of carbonyl (C=O) groups excluding carboxylic acids is 1. The van der Waals surface area contributed by atoms with Crippen LogP contribution in [0.2, 0.25) is 0 Å². The number of carbonyl (C=O) groups is 1. The van der Waals surface area contributed by atoms with E-state index in [9.17, 15) is 4.79 Å². The standard InChI is InChI=1S/C14H23N3O.2ClH/c1-3-17(2)10-9-16-14(18)13(15)11-12-7-5-4-6-8-12;;/h4-8,13H,3,9-11,15H2,1-2H3,(H,16,18);2*1H/t13-;;/m0../s1. The molecule has 6 heteroatoms. The number of amides is 1. The molecule has 0 spiro atoms. The maximum atomic E-state index is 11.8. The molecule has 0 bridgehead atoms. The van der Waals surface area contributed by atoms with E-state index in [-0.39, 0.29) is 30.7 Å². The highest BCUT2D eigenvalue weighted by Gasteiger charge is 2.13. The summed E-state index contributed by atoms with van der Waals surface area (Å²) >= 11 is 0. The molecular weight excluding hydrogens is 297 g/mol. The summed E-state index contributed by atoms with van der Waals surface area (Å²) in [4.78, 5) is 13.9. The molecule has 0 fully saturated rings.